The summed E-state index contributed by atoms with van der Waals surface area (Å²) in [7, 11) is 0. The lowest BCUT2D eigenvalue weighted by molar-refractivity contribution is -0.139. The molecule has 0 bridgehead atoms. The zero-order valence-electron chi connectivity index (χ0n) is 18.1. The van der Waals surface area contributed by atoms with E-state index < -0.39 is 11.9 Å². The predicted molar refractivity (Wildman–Crippen MR) is 126 cm³/mol. The van der Waals surface area contributed by atoms with Gasteiger partial charge in [0.25, 0.3) is 0 Å². The molecule has 0 aliphatic carbocycles. The maximum atomic E-state index is 12.1. The molecule has 2 aromatic rings. The number of rotatable bonds is 9. The van der Waals surface area contributed by atoms with Crippen molar-refractivity contribution in [1.29, 1.82) is 0 Å². The molecule has 0 aromatic heterocycles. The highest BCUT2D eigenvalue weighted by Crippen LogP contribution is 2.23. The molecule has 1 fully saturated rings. The molecular weight excluding hydrogens is 406 g/mol. The maximum absolute atomic E-state index is 12.1. The smallest absolute Gasteiger partial charge is 0.310 e. The van der Waals surface area contributed by atoms with Crippen LogP contribution in [0.25, 0.3) is 6.08 Å². The van der Waals surface area contributed by atoms with E-state index in [1.54, 1.807) is 42.5 Å². The van der Waals surface area contributed by atoms with Gasteiger partial charge in [-0.25, -0.2) is 0 Å². The van der Waals surface area contributed by atoms with Crippen LogP contribution in [0.2, 0.25) is 0 Å². The number of nitrogens with one attached hydrogen (secondary N) is 1. The first-order valence-corrected chi connectivity index (χ1v) is 11.0. The van der Waals surface area contributed by atoms with Crippen molar-refractivity contribution in [1.82, 2.24) is 4.90 Å². The second kappa shape index (κ2) is 11.5. The molecule has 0 radical (unpaired) electrons. The molecule has 5 N–H and O–H groups in total. The molecule has 1 saturated heterocycles. The number of likely N-dealkylation sites (tertiary alicyclic amines) is 1. The first-order chi connectivity index (χ1) is 15.4. The molecule has 0 saturated carbocycles. The Kier molecular flexibility index (Phi) is 8.41. The fraction of sp³-hybridized carbons (Fsp3) is 0.360. The molecule has 7 nitrogen and oxygen atoms in total. The van der Waals surface area contributed by atoms with Crippen LogP contribution in [0.3, 0.4) is 0 Å². The Labute approximate surface area is 188 Å². The topological polar surface area (TPSA) is 116 Å². The molecule has 1 heterocycles. The van der Waals surface area contributed by atoms with Crippen LogP contribution < -0.4 is 11.1 Å². The van der Waals surface area contributed by atoms with Gasteiger partial charge in [-0.05, 0) is 68.1 Å². The average molecular weight is 438 g/mol. The molecular formula is C25H31N3O4. The molecule has 0 spiro atoms. The van der Waals surface area contributed by atoms with Crippen LogP contribution in [0.1, 0.15) is 42.7 Å². The number of nitrogen functional groups attached to an aromatic ring is 1. The Morgan fingerprint density at radius 3 is 2.62 bits per heavy atom. The van der Waals surface area contributed by atoms with Gasteiger partial charge < -0.3 is 26.2 Å². The van der Waals surface area contributed by atoms with E-state index in [2.05, 4.69) is 10.2 Å². The summed E-state index contributed by atoms with van der Waals surface area (Å²) in [5, 5.41) is 22.2. The van der Waals surface area contributed by atoms with Crippen LogP contribution in [-0.4, -0.2) is 52.7 Å². The number of aliphatic hydroxyl groups excluding tert-OH is 1. The van der Waals surface area contributed by atoms with Crippen LogP contribution in [0, 0.1) is 0 Å². The van der Waals surface area contributed by atoms with Gasteiger partial charge in [0.2, 0.25) is 5.91 Å². The van der Waals surface area contributed by atoms with E-state index in [9.17, 15) is 19.8 Å². The third-order valence-electron chi connectivity index (χ3n) is 5.73. The third kappa shape index (κ3) is 6.93. The highest BCUT2D eigenvalue weighted by molar-refractivity contribution is 6.03. The van der Waals surface area contributed by atoms with Crippen molar-refractivity contribution < 1.29 is 19.8 Å². The van der Waals surface area contributed by atoms with Gasteiger partial charge in [-0.15, -0.1) is 0 Å². The van der Waals surface area contributed by atoms with Crippen LogP contribution in [-0.2, 0) is 9.59 Å². The number of anilines is 2. The highest BCUT2D eigenvalue weighted by atomic mass is 16.4. The minimum atomic E-state index is -0.841. The third-order valence-corrected chi connectivity index (χ3v) is 5.73. The first kappa shape index (κ1) is 23.5. The molecule has 1 amide bonds. The number of hydrogen-bond donors (Lipinski definition) is 4. The van der Waals surface area contributed by atoms with E-state index in [4.69, 9.17) is 5.73 Å². The lowest BCUT2D eigenvalue weighted by atomic mass is 9.93. The standard InChI is InChI=1S/C25H31N3O4/c26-22-7-1-2-8-23(22)27-24(30)14-11-18-9-12-19(13-10-18)21(25(31)32)6-4-16-28-15-3-5-20(29)17-28/h1-2,7-14,20-21,29H,3-6,15-17,26H2,(H,27,30)(H,31,32). The summed E-state index contributed by atoms with van der Waals surface area (Å²) in [6.07, 6.45) is 5.95. The summed E-state index contributed by atoms with van der Waals surface area (Å²) in [5.74, 6) is -1.71. The van der Waals surface area contributed by atoms with Crippen molar-refractivity contribution >= 4 is 29.3 Å². The van der Waals surface area contributed by atoms with Crippen LogP contribution >= 0.6 is 0 Å². The lowest BCUT2D eigenvalue weighted by Crippen LogP contribution is -2.38. The summed E-state index contributed by atoms with van der Waals surface area (Å²) in [6.45, 7) is 2.42. The molecule has 1 aliphatic heterocycles. The first-order valence-electron chi connectivity index (χ1n) is 11.0. The zero-order valence-corrected chi connectivity index (χ0v) is 18.1. The van der Waals surface area contributed by atoms with Crippen molar-refractivity contribution in [3.05, 3.63) is 65.7 Å². The lowest BCUT2D eigenvalue weighted by Gasteiger charge is -2.30. The Balaban J connectivity index is 1.53. The Morgan fingerprint density at radius 1 is 1.19 bits per heavy atom. The number of para-hydroxylation sites is 2. The SMILES string of the molecule is Nc1ccccc1NC(=O)C=Cc1ccc(C(CCCN2CCCC(O)C2)C(=O)O)cc1. The minimum absolute atomic E-state index is 0.272. The Hall–Kier alpha value is -3.16. The van der Waals surface area contributed by atoms with E-state index in [1.807, 2.05) is 12.1 Å². The maximum Gasteiger partial charge on any atom is 0.310 e. The number of carboxylic acid groups (broad SMARTS) is 1. The molecule has 170 valence electrons. The quantitative estimate of drug-likeness (QED) is 0.353. The van der Waals surface area contributed by atoms with Gasteiger partial charge in [0.1, 0.15) is 0 Å². The van der Waals surface area contributed by atoms with E-state index >= 15 is 0 Å². The van der Waals surface area contributed by atoms with E-state index in [1.165, 1.54) is 6.08 Å². The summed E-state index contributed by atoms with van der Waals surface area (Å²) in [5.41, 5.74) is 8.43. The van der Waals surface area contributed by atoms with Gasteiger partial charge >= 0.3 is 5.97 Å². The largest absolute Gasteiger partial charge is 0.481 e. The van der Waals surface area contributed by atoms with Crippen molar-refractivity contribution in [2.45, 2.75) is 37.7 Å². The molecule has 7 heteroatoms. The summed E-state index contributed by atoms with van der Waals surface area (Å²) < 4.78 is 0. The fourth-order valence-electron chi connectivity index (χ4n) is 3.98. The minimum Gasteiger partial charge on any atom is -0.481 e. The summed E-state index contributed by atoms with van der Waals surface area (Å²) in [4.78, 5) is 26.1. The van der Waals surface area contributed by atoms with Gasteiger partial charge in [-0.3, -0.25) is 9.59 Å². The number of nitrogens with zero attached hydrogens (tertiary/aromatic N) is 1. The molecule has 2 atom stereocenters. The predicted octanol–water partition coefficient (Wildman–Crippen LogP) is 3.33. The monoisotopic (exact) mass is 437 g/mol. The van der Waals surface area contributed by atoms with E-state index in [-0.39, 0.29) is 12.0 Å². The van der Waals surface area contributed by atoms with Crippen LogP contribution in [0.5, 0.6) is 0 Å². The van der Waals surface area contributed by atoms with Crippen molar-refractivity contribution in [3.63, 3.8) is 0 Å². The molecule has 2 unspecified atom stereocenters. The van der Waals surface area contributed by atoms with Gasteiger partial charge in [0.05, 0.1) is 23.4 Å². The van der Waals surface area contributed by atoms with Crippen molar-refractivity contribution in [3.8, 4) is 0 Å². The molecule has 1 aliphatic rings. The zero-order chi connectivity index (χ0) is 22.9. The van der Waals surface area contributed by atoms with Gasteiger partial charge in [-0.2, -0.15) is 0 Å². The van der Waals surface area contributed by atoms with E-state index in [0.717, 1.165) is 43.5 Å². The van der Waals surface area contributed by atoms with Gasteiger partial charge in [0, 0.05) is 12.6 Å². The average Bonchev–Trinajstić information content (AvgIpc) is 2.77. The summed E-state index contributed by atoms with van der Waals surface area (Å²) >= 11 is 0. The number of nitrogens with two attached hydrogens (primary N) is 1. The van der Waals surface area contributed by atoms with Gasteiger partial charge in [0.15, 0.2) is 0 Å². The fourth-order valence-corrected chi connectivity index (χ4v) is 3.98. The summed E-state index contributed by atoms with van der Waals surface area (Å²) in [6, 6.07) is 14.3. The van der Waals surface area contributed by atoms with Crippen molar-refractivity contribution in [2.24, 2.45) is 0 Å². The molecule has 3 rings (SSSR count). The van der Waals surface area contributed by atoms with Crippen molar-refractivity contribution in [2.75, 3.05) is 30.7 Å². The number of piperidine rings is 1. The Morgan fingerprint density at radius 2 is 1.94 bits per heavy atom. The number of aliphatic hydroxyl groups is 1. The number of β-amino-alcohol motifs (C(OH)–C–C–N with tert-alkyl or cyclic N) is 1. The number of amides is 1. The number of aliphatic carboxylic acids is 1. The second-order valence-corrected chi connectivity index (χ2v) is 8.21. The number of carbonyl (C=O) groups excluding carboxylic acids is 1. The number of carboxylic acids is 1. The van der Waals surface area contributed by atoms with Gasteiger partial charge in [-0.1, -0.05) is 36.4 Å². The van der Waals surface area contributed by atoms with E-state index in [0.29, 0.717) is 24.3 Å². The number of benzene rings is 2. The molecule has 32 heavy (non-hydrogen) atoms. The highest BCUT2D eigenvalue weighted by Gasteiger charge is 2.21. The molecule has 2 aromatic carbocycles. The normalized spacial score (nSPS) is 17.8. The number of carbonyl (C=O) groups is 2. The number of hydrogen-bond acceptors (Lipinski definition) is 5. The van der Waals surface area contributed by atoms with Crippen LogP contribution in [0.4, 0.5) is 11.4 Å². The Bertz CT molecular complexity index is 942. The second-order valence-electron chi connectivity index (χ2n) is 8.21. The van der Waals surface area contributed by atoms with Crippen LogP contribution in [0.15, 0.2) is 54.6 Å².